The lowest BCUT2D eigenvalue weighted by Crippen LogP contribution is -2.32. The topological polar surface area (TPSA) is 81.6 Å². The molecule has 7 heteroatoms. The van der Waals surface area contributed by atoms with E-state index < -0.39 is 10.7 Å². The van der Waals surface area contributed by atoms with E-state index in [9.17, 15) is 14.5 Å². The Kier molecular flexibility index (Phi) is 5.90. The van der Waals surface area contributed by atoms with Crippen molar-refractivity contribution in [2.24, 2.45) is 11.7 Å². The molecule has 0 spiro atoms. The van der Waals surface area contributed by atoms with Crippen LogP contribution in [0.3, 0.4) is 0 Å². The molecule has 1 rings (SSSR count). The third-order valence-corrected chi connectivity index (χ3v) is 3.51. The summed E-state index contributed by atoms with van der Waals surface area (Å²) in [5.74, 6) is -0.438. The monoisotopic (exact) mass is 299 g/mol. The van der Waals surface area contributed by atoms with E-state index in [0.29, 0.717) is 24.6 Å². The maximum absolute atomic E-state index is 13.6. The SMILES string of the molecule is COc1cc(N(C)CCC(N)C(C)C)c([N+](=O)[O-])cc1F. The van der Waals surface area contributed by atoms with Crippen molar-refractivity contribution in [2.45, 2.75) is 26.3 Å². The number of hydrogen-bond donors (Lipinski definition) is 1. The molecular weight excluding hydrogens is 277 g/mol. The Balaban J connectivity index is 3.01. The van der Waals surface area contributed by atoms with Crippen molar-refractivity contribution < 1.29 is 14.1 Å². The number of halogens is 1. The summed E-state index contributed by atoms with van der Waals surface area (Å²) in [4.78, 5) is 12.2. The van der Waals surface area contributed by atoms with Crippen molar-refractivity contribution in [1.29, 1.82) is 0 Å². The Morgan fingerprint density at radius 3 is 2.57 bits per heavy atom. The van der Waals surface area contributed by atoms with Gasteiger partial charge < -0.3 is 15.4 Å². The quantitative estimate of drug-likeness (QED) is 0.618. The van der Waals surface area contributed by atoms with Crippen molar-refractivity contribution in [1.82, 2.24) is 0 Å². The standard InChI is InChI=1S/C14H22FN3O3/c1-9(2)11(16)5-6-17(3)12-8-14(21-4)10(15)7-13(12)18(19)20/h7-9,11H,5-6,16H2,1-4H3. The number of methoxy groups -OCH3 is 1. The van der Waals surface area contributed by atoms with E-state index in [2.05, 4.69) is 0 Å². The predicted molar refractivity (Wildman–Crippen MR) is 80.3 cm³/mol. The Labute approximate surface area is 123 Å². The molecule has 1 unspecified atom stereocenters. The van der Waals surface area contributed by atoms with Gasteiger partial charge in [-0.1, -0.05) is 13.8 Å². The minimum Gasteiger partial charge on any atom is -0.494 e. The minimum absolute atomic E-state index is 0.00819. The molecule has 2 N–H and O–H groups in total. The number of nitrogens with two attached hydrogens (primary N) is 1. The highest BCUT2D eigenvalue weighted by molar-refractivity contribution is 5.65. The highest BCUT2D eigenvalue weighted by Crippen LogP contribution is 2.34. The number of ether oxygens (including phenoxy) is 1. The fourth-order valence-electron chi connectivity index (χ4n) is 1.94. The van der Waals surface area contributed by atoms with Crippen LogP contribution in [0.25, 0.3) is 0 Å². The van der Waals surface area contributed by atoms with Crippen LogP contribution in [-0.4, -0.2) is 31.7 Å². The zero-order chi connectivity index (χ0) is 16.2. The second kappa shape index (κ2) is 7.21. The van der Waals surface area contributed by atoms with Crippen LogP contribution in [0.15, 0.2) is 12.1 Å². The number of hydrogen-bond acceptors (Lipinski definition) is 5. The van der Waals surface area contributed by atoms with Gasteiger partial charge in [0.1, 0.15) is 5.69 Å². The molecule has 1 atom stereocenters. The fourth-order valence-corrected chi connectivity index (χ4v) is 1.94. The number of nitrogens with zero attached hydrogens (tertiary/aromatic N) is 2. The first-order chi connectivity index (χ1) is 9.77. The van der Waals surface area contributed by atoms with Crippen LogP contribution in [-0.2, 0) is 0 Å². The Bertz CT molecular complexity index is 508. The third kappa shape index (κ3) is 4.29. The Hall–Kier alpha value is -1.89. The van der Waals surface area contributed by atoms with Crippen LogP contribution in [0.5, 0.6) is 5.75 Å². The fraction of sp³-hybridized carbons (Fsp3) is 0.571. The van der Waals surface area contributed by atoms with Crippen LogP contribution in [0, 0.1) is 21.8 Å². The molecule has 0 heterocycles. The highest BCUT2D eigenvalue weighted by Gasteiger charge is 2.22. The molecule has 0 fully saturated rings. The minimum atomic E-state index is -0.750. The summed E-state index contributed by atoms with van der Waals surface area (Å²) in [5.41, 5.74) is 6.01. The lowest BCUT2D eigenvalue weighted by Gasteiger charge is -2.23. The Morgan fingerprint density at radius 1 is 1.48 bits per heavy atom. The summed E-state index contributed by atoms with van der Waals surface area (Å²) < 4.78 is 18.5. The van der Waals surface area contributed by atoms with Gasteiger partial charge in [-0.25, -0.2) is 4.39 Å². The molecule has 1 aromatic carbocycles. The van der Waals surface area contributed by atoms with E-state index in [4.69, 9.17) is 10.5 Å². The highest BCUT2D eigenvalue weighted by atomic mass is 19.1. The third-order valence-electron chi connectivity index (χ3n) is 3.51. The van der Waals surface area contributed by atoms with Gasteiger partial charge in [0.05, 0.1) is 18.1 Å². The first kappa shape index (κ1) is 17.2. The number of rotatable bonds is 7. The van der Waals surface area contributed by atoms with Crippen molar-refractivity contribution in [2.75, 3.05) is 25.6 Å². The van der Waals surface area contributed by atoms with Gasteiger partial charge in [0.15, 0.2) is 11.6 Å². The summed E-state index contributed by atoms with van der Waals surface area (Å²) in [6.07, 6.45) is 0.686. The van der Waals surface area contributed by atoms with Gasteiger partial charge in [0, 0.05) is 25.7 Å². The number of nitro groups is 1. The van der Waals surface area contributed by atoms with Gasteiger partial charge in [-0.15, -0.1) is 0 Å². The second-order valence-corrected chi connectivity index (χ2v) is 5.35. The second-order valence-electron chi connectivity index (χ2n) is 5.35. The van der Waals surface area contributed by atoms with Crippen LogP contribution < -0.4 is 15.4 Å². The number of nitro benzene ring substituents is 1. The summed E-state index contributed by atoms with van der Waals surface area (Å²) in [7, 11) is 3.04. The van der Waals surface area contributed by atoms with Gasteiger partial charge in [-0.2, -0.15) is 0 Å². The summed E-state index contributed by atoms with van der Waals surface area (Å²) >= 11 is 0. The maximum atomic E-state index is 13.6. The van der Waals surface area contributed by atoms with Gasteiger partial charge >= 0.3 is 0 Å². The van der Waals surface area contributed by atoms with Crippen molar-refractivity contribution >= 4 is 11.4 Å². The first-order valence-electron chi connectivity index (χ1n) is 6.76. The lowest BCUT2D eigenvalue weighted by atomic mass is 10.0. The maximum Gasteiger partial charge on any atom is 0.295 e. The van der Waals surface area contributed by atoms with Crippen molar-refractivity contribution in [3.8, 4) is 5.75 Å². The molecule has 0 aliphatic rings. The zero-order valence-corrected chi connectivity index (χ0v) is 12.8. The number of anilines is 1. The molecule has 118 valence electrons. The molecule has 1 aromatic rings. The van der Waals surface area contributed by atoms with Crippen LogP contribution in [0.1, 0.15) is 20.3 Å². The van der Waals surface area contributed by atoms with E-state index in [1.54, 1.807) is 11.9 Å². The van der Waals surface area contributed by atoms with E-state index >= 15 is 0 Å². The average Bonchev–Trinajstić information content (AvgIpc) is 2.43. The molecule has 6 nitrogen and oxygen atoms in total. The predicted octanol–water partition coefficient (Wildman–Crippen LogP) is 2.55. The van der Waals surface area contributed by atoms with Crippen LogP contribution in [0.4, 0.5) is 15.8 Å². The van der Waals surface area contributed by atoms with Crippen molar-refractivity contribution in [3.63, 3.8) is 0 Å². The molecule has 0 radical (unpaired) electrons. The molecule has 0 saturated heterocycles. The molecule has 21 heavy (non-hydrogen) atoms. The van der Waals surface area contributed by atoms with Gasteiger partial charge in [0.2, 0.25) is 0 Å². The first-order valence-corrected chi connectivity index (χ1v) is 6.76. The van der Waals surface area contributed by atoms with Crippen molar-refractivity contribution in [3.05, 3.63) is 28.1 Å². The van der Waals surface area contributed by atoms with Gasteiger partial charge in [-0.05, 0) is 12.3 Å². The number of benzene rings is 1. The van der Waals surface area contributed by atoms with E-state index in [-0.39, 0.29) is 17.5 Å². The molecule has 0 aliphatic heterocycles. The normalized spacial score (nSPS) is 12.3. The Morgan fingerprint density at radius 2 is 2.10 bits per heavy atom. The lowest BCUT2D eigenvalue weighted by molar-refractivity contribution is -0.384. The van der Waals surface area contributed by atoms with Crippen LogP contribution >= 0.6 is 0 Å². The van der Waals surface area contributed by atoms with Gasteiger partial charge in [0.25, 0.3) is 5.69 Å². The summed E-state index contributed by atoms with van der Waals surface area (Å²) in [6.45, 7) is 4.58. The molecule has 0 aromatic heterocycles. The van der Waals surface area contributed by atoms with E-state index in [0.717, 1.165) is 6.07 Å². The molecule has 0 bridgehead atoms. The van der Waals surface area contributed by atoms with E-state index in [1.807, 2.05) is 13.8 Å². The van der Waals surface area contributed by atoms with Gasteiger partial charge in [-0.3, -0.25) is 10.1 Å². The molecule has 0 amide bonds. The smallest absolute Gasteiger partial charge is 0.295 e. The summed E-state index contributed by atoms with van der Waals surface area (Å²) in [6, 6.07) is 2.23. The van der Waals surface area contributed by atoms with Crippen LogP contribution in [0.2, 0.25) is 0 Å². The molecule has 0 saturated carbocycles. The average molecular weight is 299 g/mol. The molecular formula is C14H22FN3O3. The van der Waals surface area contributed by atoms with E-state index in [1.165, 1.54) is 13.2 Å². The molecule has 0 aliphatic carbocycles. The summed E-state index contributed by atoms with van der Waals surface area (Å²) in [5, 5.41) is 11.1. The zero-order valence-electron chi connectivity index (χ0n) is 12.8. The largest absolute Gasteiger partial charge is 0.494 e.